The number of hydrogen-bond donors (Lipinski definition) is 2. The number of fused-ring (bicyclic) bond motifs is 1. The minimum atomic E-state index is 0.235. The summed E-state index contributed by atoms with van der Waals surface area (Å²) in [6, 6.07) is 4.29. The Kier molecular flexibility index (Phi) is 7.43. The van der Waals surface area contributed by atoms with Crippen molar-refractivity contribution in [3.8, 4) is 11.8 Å². The van der Waals surface area contributed by atoms with E-state index in [1.54, 1.807) is 7.11 Å². The highest BCUT2D eigenvalue weighted by molar-refractivity contribution is 5.88. The fraction of sp³-hybridized carbons (Fsp3) is 0.542. The standard InChI is InChI=1S/C24H33N9O/c1-4-5-9-27-23-22-21(29-24(26)30-23)16(2)31-33(22)15-18-14-28-19(13-20(18)34-3)17-6-10-32(11-7-17)12-8-25/h13-14,17H,4-7,9-12,15H2,1-3H3,(H3,26,27,29,30). The normalized spacial score (nSPS) is 14.9. The highest BCUT2D eigenvalue weighted by Gasteiger charge is 2.23. The number of methoxy groups -OCH3 is 1. The molecule has 10 heteroatoms. The number of anilines is 2. The minimum Gasteiger partial charge on any atom is -0.496 e. The van der Waals surface area contributed by atoms with Crippen LogP contribution in [0.3, 0.4) is 0 Å². The first-order valence-electron chi connectivity index (χ1n) is 11.9. The van der Waals surface area contributed by atoms with Gasteiger partial charge in [-0.25, -0.2) is 4.98 Å². The van der Waals surface area contributed by atoms with Gasteiger partial charge in [-0.15, -0.1) is 0 Å². The lowest BCUT2D eigenvalue weighted by Gasteiger charge is -2.30. The van der Waals surface area contributed by atoms with Crippen LogP contribution in [0.4, 0.5) is 11.8 Å². The van der Waals surface area contributed by atoms with E-state index in [4.69, 9.17) is 25.8 Å². The van der Waals surface area contributed by atoms with Gasteiger partial charge in [0.1, 0.15) is 16.8 Å². The van der Waals surface area contributed by atoms with Crippen LogP contribution in [-0.2, 0) is 6.54 Å². The lowest BCUT2D eigenvalue weighted by molar-refractivity contribution is 0.233. The summed E-state index contributed by atoms with van der Waals surface area (Å²) in [6.45, 7) is 7.69. The second-order valence-corrected chi connectivity index (χ2v) is 8.78. The Balaban J connectivity index is 1.60. The van der Waals surface area contributed by atoms with Crippen molar-refractivity contribution in [3.63, 3.8) is 0 Å². The Morgan fingerprint density at radius 1 is 1.29 bits per heavy atom. The first-order chi connectivity index (χ1) is 16.5. The molecule has 4 heterocycles. The Hall–Kier alpha value is -3.45. The van der Waals surface area contributed by atoms with Crippen LogP contribution in [0.5, 0.6) is 5.75 Å². The maximum absolute atomic E-state index is 8.93. The number of rotatable bonds is 9. The number of ether oxygens (including phenoxy) is 1. The Morgan fingerprint density at radius 2 is 2.09 bits per heavy atom. The zero-order valence-electron chi connectivity index (χ0n) is 20.2. The quantitative estimate of drug-likeness (QED) is 0.363. The van der Waals surface area contributed by atoms with E-state index in [1.165, 1.54) is 0 Å². The first-order valence-corrected chi connectivity index (χ1v) is 11.9. The lowest BCUT2D eigenvalue weighted by atomic mass is 9.92. The number of aromatic nitrogens is 5. The van der Waals surface area contributed by atoms with E-state index >= 15 is 0 Å². The predicted octanol–water partition coefficient (Wildman–Crippen LogP) is 3.08. The molecule has 0 aromatic carbocycles. The average molecular weight is 464 g/mol. The molecule has 0 amide bonds. The van der Waals surface area contributed by atoms with Crippen LogP contribution >= 0.6 is 0 Å². The first kappa shape index (κ1) is 23.7. The predicted molar refractivity (Wildman–Crippen MR) is 132 cm³/mol. The summed E-state index contributed by atoms with van der Waals surface area (Å²) in [5.41, 5.74) is 10.3. The summed E-state index contributed by atoms with van der Waals surface area (Å²) in [4.78, 5) is 15.9. The van der Waals surface area contributed by atoms with Crippen LogP contribution in [0.25, 0.3) is 11.0 Å². The van der Waals surface area contributed by atoms with Crippen molar-refractivity contribution < 1.29 is 4.74 Å². The van der Waals surface area contributed by atoms with Crippen LogP contribution in [0.15, 0.2) is 12.3 Å². The molecular weight excluding hydrogens is 430 g/mol. The largest absolute Gasteiger partial charge is 0.496 e. The SMILES string of the molecule is CCCCNc1nc(N)nc2c(C)nn(Cc3cnc(C4CCN(CC#N)CC4)cc3OC)c12. The van der Waals surface area contributed by atoms with Gasteiger partial charge in [0.2, 0.25) is 5.95 Å². The van der Waals surface area contributed by atoms with Crippen molar-refractivity contribution in [1.29, 1.82) is 5.26 Å². The summed E-state index contributed by atoms with van der Waals surface area (Å²) in [5.74, 6) is 2.10. The number of nitrogens with two attached hydrogens (primary N) is 1. The molecule has 3 N–H and O–H groups in total. The lowest BCUT2D eigenvalue weighted by Crippen LogP contribution is -2.33. The van der Waals surface area contributed by atoms with Gasteiger partial charge in [-0.05, 0) is 39.3 Å². The summed E-state index contributed by atoms with van der Waals surface area (Å²) in [7, 11) is 1.69. The van der Waals surface area contributed by atoms with Crippen molar-refractivity contribution >= 4 is 22.8 Å². The van der Waals surface area contributed by atoms with Gasteiger partial charge in [0, 0.05) is 36.0 Å². The molecule has 1 aliphatic heterocycles. The third-order valence-corrected chi connectivity index (χ3v) is 6.40. The fourth-order valence-corrected chi connectivity index (χ4v) is 4.53. The van der Waals surface area contributed by atoms with E-state index in [9.17, 15) is 0 Å². The molecule has 180 valence electrons. The van der Waals surface area contributed by atoms with Crippen molar-refractivity contribution in [2.45, 2.75) is 52.0 Å². The third-order valence-electron chi connectivity index (χ3n) is 6.40. The highest BCUT2D eigenvalue weighted by Crippen LogP contribution is 2.31. The molecule has 3 aromatic heterocycles. The second kappa shape index (κ2) is 10.7. The van der Waals surface area contributed by atoms with Gasteiger partial charge in [0.05, 0.1) is 32.0 Å². The summed E-state index contributed by atoms with van der Waals surface area (Å²) in [6.07, 6.45) is 5.99. The smallest absolute Gasteiger partial charge is 0.222 e. The molecule has 1 saturated heterocycles. The number of nitriles is 1. The number of hydrogen-bond acceptors (Lipinski definition) is 9. The average Bonchev–Trinajstić information content (AvgIpc) is 3.15. The number of nitrogens with zero attached hydrogens (tertiary/aromatic N) is 7. The van der Waals surface area contributed by atoms with Gasteiger partial charge < -0.3 is 15.8 Å². The molecular formula is C24H33N9O. The number of aryl methyl sites for hydroxylation is 1. The van der Waals surface area contributed by atoms with Gasteiger partial charge in [0.15, 0.2) is 5.82 Å². The number of nitrogen functional groups attached to an aromatic ring is 1. The Labute approximate surface area is 200 Å². The summed E-state index contributed by atoms with van der Waals surface area (Å²) in [5, 5.41) is 17.1. The van der Waals surface area contributed by atoms with Crippen molar-refractivity contribution in [1.82, 2.24) is 29.6 Å². The number of piperidine rings is 1. The molecule has 0 radical (unpaired) electrons. The minimum absolute atomic E-state index is 0.235. The molecule has 0 aliphatic carbocycles. The Bertz CT molecular complexity index is 1180. The molecule has 0 saturated carbocycles. The van der Waals surface area contributed by atoms with Crippen molar-refractivity contribution in [2.75, 3.05) is 44.3 Å². The fourth-order valence-electron chi connectivity index (χ4n) is 4.53. The van der Waals surface area contributed by atoms with Crippen LogP contribution in [-0.4, -0.2) is 62.9 Å². The molecule has 34 heavy (non-hydrogen) atoms. The summed E-state index contributed by atoms with van der Waals surface area (Å²) >= 11 is 0. The number of likely N-dealkylation sites (tertiary alicyclic amines) is 1. The number of unbranched alkanes of at least 4 members (excludes halogenated alkanes) is 1. The van der Waals surface area contributed by atoms with Crippen LogP contribution < -0.4 is 15.8 Å². The number of nitrogens with one attached hydrogen (secondary N) is 1. The zero-order chi connectivity index (χ0) is 24.1. The van der Waals surface area contributed by atoms with Crippen molar-refractivity contribution in [2.24, 2.45) is 0 Å². The molecule has 10 nitrogen and oxygen atoms in total. The van der Waals surface area contributed by atoms with Crippen LogP contribution in [0.1, 0.15) is 55.5 Å². The molecule has 0 unspecified atom stereocenters. The molecule has 3 aromatic rings. The van der Waals surface area contributed by atoms with E-state index in [1.807, 2.05) is 23.9 Å². The van der Waals surface area contributed by atoms with Gasteiger partial charge in [-0.3, -0.25) is 14.6 Å². The topological polar surface area (TPSA) is 131 Å². The monoisotopic (exact) mass is 463 g/mol. The Morgan fingerprint density at radius 3 is 2.79 bits per heavy atom. The van der Waals surface area contributed by atoms with E-state index in [0.717, 1.165) is 79.1 Å². The molecule has 0 bridgehead atoms. The van der Waals surface area contributed by atoms with Crippen LogP contribution in [0.2, 0.25) is 0 Å². The van der Waals surface area contributed by atoms with E-state index in [-0.39, 0.29) is 5.95 Å². The molecule has 1 aliphatic rings. The second-order valence-electron chi connectivity index (χ2n) is 8.78. The molecule has 0 spiro atoms. The van der Waals surface area contributed by atoms with Gasteiger partial charge in [0.25, 0.3) is 0 Å². The van der Waals surface area contributed by atoms with Crippen LogP contribution in [0, 0.1) is 18.3 Å². The maximum Gasteiger partial charge on any atom is 0.222 e. The molecule has 4 rings (SSSR count). The van der Waals surface area contributed by atoms with Gasteiger partial charge in [-0.2, -0.15) is 15.3 Å². The highest BCUT2D eigenvalue weighted by atomic mass is 16.5. The molecule has 0 atom stereocenters. The zero-order valence-corrected chi connectivity index (χ0v) is 20.2. The van der Waals surface area contributed by atoms with E-state index in [0.29, 0.717) is 24.8 Å². The van der Waals surface area contributed by atoms with Gasteiger partial charge >= 0.3 is 0 Å². The maximum atomic E-state index is 8.93. The summed E-state index contributed by atoms with van der Waals surface area (Å²) < 4.78 is 7.66. The molecule has 1 fully saturated rings. The van der Waals surface area contributed by atoms with Crippen molar-refractivity contribution in [3.05, 3.63) is 29.2 Å². The third kappa shape index (κ3) is 5.04. The number of pyridine rings is 1. The van der Waals surface area contributed by atoms with Gasteiger partial charge in [-0.1, -0.05) is 13.3 Å². The van der Waals surface area contributed by atoms with E-state index < -0.39 is 0 Å². The van der Waals surface area contributed by atoms with E-state index in [2.05, 4.69) is 33.2 Å².